The van der Waals surface area contributed by atoms with Gasteiger partial charge in [-0.25, -0.2) is 4.90 Å². The number of rotatable bonds is 4. The molecule has 3 fully saturated rings. The first-order chi connectivity index (χ1) is 14.5. The number of imide groups is 1. The van der Waals surface area contributed by atoms with Crippen molar-refractivity contribution < 1.29 is 19.1 Å². The Labute approximate surface area is 179 Å². The monoisotopic (exact) mass is 424 g/mol. The van der Waals surface area contributed by atoms with Crippen LogP contribution in [-0.4, -0.2) is 24.8 Å². The molecule has 0 unspecified atom stereocenters. The van der Waals surface area contributed by atoms with E-state index >= 15 is 0 Å². The van der Waals surface area contributed by atoms with Crippen molar-refractivity contribution in [1.29, 1.82) is 0 Å². The fourth-order valence-electron chi connectivity index (χ4n) is 5.47. The fourth-order valence-corrected chi connectivity index (χ4v) is 5.65. The smallest absolute Gasteiger partial charge is 0.257 e. The molecule has 3 amide bonds. The normalized spacial score (nSPS) is 26.8. The van der Waals surface area contributed by atoms with Gasteiger partial charge in [-0.1, -0.05) is 23.7 Å². The Morgan fingerprint density at radius 2 is 1.73 bits per heavy atom. The average molecular weight is 425 g/mol. The summed E-state index contributed by atoms with van der Waals surface area (Å²) < 4.78 is 5.29. The first-order valence-electron chi connectivity index (χ1n) is 10.1. The second-order valence-corrected chi connectivity index (χ2v) is 8.65. The van der Waals surface area contributed by atoms with E-state index in [2.05, 4.69) is 5.32 Å². The van der Waals surface area contributed by atoms with E-state index in [0.29, 0.717) is 22.1 Å². The number of amides is 3. The van der Waals surface area contributed by atoms with Crippen LogP contribution in [0.3, 0.4) is 0 Å². The number of methoxy groups -OCH3 is 1. The summed E-state index contributed by atoms with van der Waals surface area (Å²) >= 11 is 6.06. The lowest BCUT2D eigenvalue weighted by atomic mass is 9.81. The van der Waals surface area contributed by atoms with Crippen molar-refractivity contribution in [2.75, 3.05) is 17.3 Å². The Hall–Kier alpha value is -2.86. The first kappa shape index (κ1) is 19.1. The summed E-state index contributed by atoms with van der Waals surface area (Å²) in [7, 11) is 1.50. The zero-order chi connectivity index (χ0) is 21.0. The number of nitrogens with one attached hydrogen (secondary N) is 1. The number of hydrogen-bond donors (Lipinski definition) is 1. The van der Waals surface area contributed by atoms with Crippen LogP contribution in [0.25, 0.3) is 0 Å². The Balaban J connectivity index is 1.48. The molecule has 6 nitrogen and oxygen atoms in total. The molecule has 5 rings (SSSR count). The van der Waals surface area contributed by atoms with Crippen LogP contribution in [-0.2, 0) is 9.59 Å². The van der Waals surface area contributed by atoms with Crippen LogP contribution in [0.1, 0.15) is 29.6 Å². The zero-order valence-electron chi connectivity index (χ0n) is 16.4. The number of carbonyl (C=O) groups is 3. The van der Waals surface area contributed by atoms with Crippen molar-refractivity contribution >= 4 is 40.7 Å². The highest BCUT2D eigenvalue weighted by molar-refractivity contribution is 6.31. The standard InChI is InChI=1S/C23H21ClN2O4/c1-30-18-9-8-14(24)11-16(18)25-21(27)15-4-2-3-5-17(15)26-22(28)19-12-6-7-13(10-12)20(19)23(26)29/h2-5,8-9,11-13,19-20H,6-7,10H2,1H3,(H,25,27)/t12-,13-,19-,20-/m0/s1. The molecular weight excluding hydrogens is 404 g/mol. The molecule has 2 aromatic carbocycles. The Morgan fingerprint density at radius 3 is 2.40 bits per heavy atom. The van der Waals surface area contributed by atoms with Gasteiger partial charge >= 0.3 is 0 Å². The lowest BCUT2D eigenvalue weighted by Gasteiger charge is -2.20. The van der Waals surface area contributed by atoms with Crippen LogP contribution < -0.4 is 15.0 Å². The molecule has 7 heteroatoms. The number of fused-ring (bicyclic) bond motifs is 5. The molecule has 4 atom stereocenters. The summed E-state index contributed by atoms with van der Waals surface area (Å²) in [5.41, 5.74) is 1.01. The summed E-state index contributed by atoms with van der Waals surface area (Å²) in [6.07, 6.45) is 2.99. The zero-order valence-corrected chi connectivity index (χ0v) is 17.2. The number of ether oxygens (including phenoxy) is 1. The van der Waals surface area contributed by atoms with E-state index in [0.717, 1.165) is 19.3 Å². The Morgan fingerprint density at radius 1 is 1.07 bits per heavy atom. The van der Waals surface area contributed by atoms with Gasteiger partial charge in [0.2, 0.25) is 11.8 Å². The minimum Gasteiger partial charge on any atom is -0.495 e. The number of hydrogen-bond acceptors (Lipinski definition) is 4. The van der Waals surface area contributed by atoms with Crippen LogP contribution in [0.15, 0.2) is 42.5 Å². The molecule has 2 aromatic rings. The van der Waals surface area contributed by atoms with Gasteiger partial charge in [0.05, 0.1) is 35.9 Å². The number of nitrogens with zero attached hydrogens (tertiary/aromatic N) is 1. The maximum atomic E-state index is 13.2. The molecule has 1 saturated heterocycles. The van der Waals surface area contributed by atoms with E-state index in [1.807, 2.05) is 0 Å². The molecule has 154 valence electrons. The van der Waals surface area contributed by atoms with Crippen LogP contribution in [0, 0.1) is 23.7 Å². The van der Waals surface area contributed by atoms with Gasteiger partial charge in [-0.3, -0.25) is 14.4 Å². The summed E-state index contributed by atoms with van der Waals surface area (Å²) in [4.78, 5) is 40.8. The molecule has 1 heterocycles. The maximum absolute atomic E-state index is 13.2. The topological polar surface area (TPSA) is 75.7 Å². The van der Waals surface area contributed by atoms with E-state index in [-0.39, 0.29) is 41.0 Å². The van der Waals surface area contributed by atoms with Crippen molar-refractivity contribution in [2.24, 2.45) is 23.7 Å². The average Bonchev–Trinajstić information content (AvgIpc) is 3.42. The highest BCUT2D eigenvalue weighted by atomic mass is 35.5. The van der Waals surface area contributed by atoms with Crippen molar-refractivity contribution in [3.05, 3.63) is 53.1 Å². The minimum atomic E-state index is -0.438. The van der Waals surface area contributed by atoms with Crippen molar-refractivity contribution in [3.63, 3.8) is 0 Å². The molecule has 2 aliphatic carbocycles. The summed E-state index contributed by atoms with van der Waals surface area (Å²) in [5.74, 6) is -0.205. The number of para-hydroxylation sites is 1. The Kier molecular flexibility index (Phi) is 4.54. The van der Waals surface area contributed by atoms with Gasteiger partial charge in [-0.05, 0) is 61.4 Å². The Bertz CT molecular complexity index is 1040. The second-order valence-electron chi connectivity index (χ2n) is 8.21. The molecule has 3 aliphatic rings. The van der Waals surface area contributed by atoms with E-state index < -0.39 is 5.91 Å². The second kappa shape index (κ2) is 7.13. The highest BCUT2D eigenvalue weighted by Gasteiger charge is 2.61. The van der Waals surface area contributed by atoms with Crippen LogP contribution >= 0.6 is 11.6 Å². The molecule has 1 N–H and O–H groups in total. The van der Waals surface area contributed by atoms with E-state index in [9.17, 15) is 14.4 Å². The van der Waals surface area contributed by atoms with E-state index in [1.54, 1.807) is 42.5 Å². The molecule has 1 aliphatic heterocycles. The quantitative estimate of drug-likeness (QED) is 0.748. The lowest BCUT2D eigenvalue weighted by Crippen LogP contribution is -2.34. The fraction of sp³-hybridized carbons (Fsp3) is 0.348. The third-order valence-electron chi connectivity index (χ3n) is 6.73. The molecule has 0 aromatic heterocycles. The van der Waals surface area contributed by atoms with Gasteiger partial charge in [-0.15, -0.1) is 0 Å². The number of benzene rings is 2. The summed E-state index contributed by atoms with van der Waals surface area (Å²) in [6.45, 7) is 0. The first-order valence-corrected chi connectivity index (χ1v) is 10.5. The maximum Gasteiger partial charge on any atom is 0.257 e. The number of anilines is 2. The molecule has 0 spiro atoms. The molecular formula is C23H21ClN2O4. The van der Waals surface area contributed by atoms with Gasteiger partial charge in [0, 0.05) is 5.02 Å². The number of carbonyl (C=O) groups excluding carboxylic acids is 3. The third kappa shape index (κ3) is 2.82. The largest absolute Gasteiger partial charge is 0.495 e. The van der Waals surface area contributed by atoms with Crippen molar-refractivity contribution in [1.82, 2.24) is 0 Å². The number of halogens is 1. The van der Waals surface area contributed by atoms with Crippen LogP contribution in [0.2, 0.25) is 5.02 Å². The van der Waals surface area contributed by atoms with Crippen LogP contribution in [0.5, 0.6) is 5.75 Å². The van der Waals surface area contributed by atoms with E-state index in [4.69, 9.17) is 16.3 Å². The van der Waals surface area contributed by atoms with Crippen molar-refractivity contribution in [3.8, 4) is 5.75 Å². The molecule has 0 radical (unpaired) electrons. The summed E-state index contributed by atoms with van der Waals surface area (Å²) in [6, 6.07) is 11.6. The van der Waals surface area contributed by atoms with Gasteiger partial charge < -0.3 is 10.1 Å². The molecule has 30 heavy (non-hydrogen) atoms. The summed E-state index contributed by atoms with van der Waals surface area (Å²) in [5, 5.41) is 3.25. The molecule has 2 saturated carbocycles. The van der Waals surface area contributed by atoms with E-state index in [1.165, 1.54) is 12.0 Å². The van der Waals surface area contributed by atoms with Gasteiger partial charge in [-0.2, -0.15) is 0 Å². The molecule has 2 bridgehead atoms. The predicted octanol–water partition coefficient (Wildman–Crippen LogP) is 4.14. The van der Waals surface area contributed by atoms with Gasteiger partial charge in [0.15, 0.2) is 0 Å². The highest BCUT2D eigenvalue weighted by Crippen LogP contribution is 2.56. The minimum absolute atomic E-state index is 0.169. The SMILES string of the molecule is COc1ccc(Cl)cc1NC(=O)c1ccccc1N1C(=O)[C@H]2[C@H]3CC[C@@H](C3)[C@@H]2C1=O. The third-order valence-corrected chi connectivity index (χ3v) is 6.96. The van der Waals surface area contributed by atoms with Gasteiger partial charge in [0.1, 0.15) is 5.75 Å². The lowest BCUT2D eigenvalue weighted by molar-refractivity contribution is -0.123. The van der Waals surface area contributed by atoms with Crippen molar-refractivity contribution in [2.45, 2.75) is 19.3 Å². The predicted molar refractivity (Wildman–Crippen MR) is 113 cm³/mol. The van der Waals surface area contributed by atoms with Gasteiger partial charge in [0.25, 0.3) is 5.91 Å². The van der Waals surface area contributed by atoms with Crippen LogP contribution in [0.4, 0.5) is 11.4 Å².